The number of para-hydroxylation sites is 1. The van der Waals surface area contributed by atoms with Crippen LogP contribution in [0.5, 0.6) is 11.5 Å². The Morgan fingerprint density at radius 3 is 2.62 bits per heavy atom. The summed E-state index contributed by atoms with van der Waals surface area (Å²) in [5.41, 5.74) is -1.21. The Hall–Kier alpha value is -2.26. The number of ether oxygens (including phenoxy) is 1. The highest BCUT2D eigenvalue weighted by molar-refractivity contribution is 7.98. The molecule has 0 unspecified atom stereocenters. The molecule has 9 heteroatoms. The minimum absolute atomic E-state index is 0.155. The van der Waals surface area contributed by atoms with E-state index >= 15 is 0 Å². The van der Waals surface area contributed by atoms with Gasteiger partial charge in [0.1, 0.15) is 23.8 Å². The molecule has 158 valence electrons. The number of hydrogen-bond acceptors (Lipinski definition) is 7. The molecule has 29 heavy (non-hydrogen) atoms. The van der Waals surface area contributed by atoms with E-state index in [-0.39, 0.29) is 24.0 Å². The highest BCUT2D eigenvalue weighted by atomic mass is 32.2. The molecule has 0 saturated carbocycles. The van der Waals surface area contributed by atoms with Gasteiger partial charge in [-0.25, -0.2) is 0 Å². The highest BCUT2D eigenvalue weighted by Gasteiger charge is 2.69. The summed E-state index contributed by atoms with van der Waals surface area (Å²) >= 11 is 1.46. The van der Waals surface area contributed by atoms with Crippen molar-refractivity contribution in [3.05, 3.63) is 23.8 Å². The molecular weight excluding hydrogens is 396 g/mol. The van der Waals surface area contributed by atoms with Crippen molar-refractivity contribution in [3.63, 3.8) is 0 Å². The van der Waals surface area contributed by atoms with Gasteiger partial charge in [0.15, 0.2) is 17.0 Å². The number of nitrogens with zero attached hydrogens (tertiary/aromatic N) is 1. The molecule has 2 saturated heterocycles. The number of carbonyl (C=O) groups is 3. The topological polar surface area (TPSA) is 124 Å². The number of imide groups is 1. The number of methoxy groups -OCH3 is 1. The second-order valence-corrected chi connectivity index (χ2v) is 8.79. The molecule has 4 atom stereocenters. The monoisotopic (exact) mass is 422 g/mol. The summed E-state index contributed by atoms with van der Waals surface area (Å²) in [6, 6.07) is 3.74. The fourth-order valence-corrected chi connectivity index (χ4v) is 5.26. The van der Waals surface area contributed by atoms with Crippen LogP contribution >= 0.6 is 11.8 Å². The number of aliphatic carboxylic acids is 1. The predicted molar refractivity (Wildman–Crippen MR) is 104 cm³/mol. The fourth-order valence-electron chi connectivity index (χ4n) is 4.72. The normalized spacial score (nSPS) is 28.9. The molecule has 0 radical (unpaired) electrons. The molecular formula is C20H26N2O6S. The number of likely N-dealkylation sites (tertiary alicyclic amines) is 1. The maximum atomic E-state index is 13.2. The lowest BCUT2D eigenvalue weighted by Crippen LogP contribution is -2.99. The third kappa shape index (κ3) is 3.16. The number of carbonyl (C=O) groups excluding carboxylic acids is 3. The molecule has 2 aliphatic rings. The van der Waals surface area contributed by atoms with Crippen molar-refractivity contribution in [1.29, 1.82) is 0 Å². The summed E-state index contributed by atoms with van der Waals surface area (Å²) in [5.74, 6) is -3.65. The number of benzene rings is 1. The number of phenolic OH excluding ortho intramolecular Hbond substituents is 1. The largest absolute Gasteiger partial charge is 0.544 e. The summed E-state index contributed by atoms with van der Waals surface area (Å²) < 4.78 is 5.17. The first-order valence-corrected chi connectivity index (χ1v) is 10.9. The number of phenols is 1. The second kappa shape index (κ2) is 7.87. The number of amides is 2. The van der Waals surface area contributed by atoms with Crippen LogP contribution in [0.2, 0.25) is 0 Å². The van der Waals surface area contributed by atoms with E-state index in [0.717, 1.165) is 4.90 Å². The number of quaternary nitrogens is 1. The number of thioether (sulfide) groups is 1. The van der Waals surface area contributed by atoms with Crippen molar-refractivity contribution in [2.45, 2.75) is 37.9 Å². The van der Waals surface area contributed by atoms with Crippen LogP contribution in [0.4, 0.5) is 0 Å². The van der Waals surface area contributed by atoms with E-state index in [0.29, 0.717) is 11.3 Å². The zero-order valence-electron chi connectivity index (χ0n) is 16.9. The minimum atomic E-state index is -1.58. The minimum Gasteiger partial charge on any atom is -0.544 e. The Labute approximate surface area is 173 Å². The van der Waals surface area contributed by atoms with Crippen molar-refractivity contribution >= 4 is 29.5 Å². The van der Waals surface area contributed by atoms with E-state index in [1.165, 1.54) is 24.2 Å². The van der Waals surface area contributed by atoms with Crippen LogP contribution in [-0.2, 0) is 14.4 Å². The lowest BCUT2D eigenvalue weighted by Gasteiger charge is -2.33. The lowest BCUT2D eigenvalue weighted by atomic mass is 9.78. The van der Waals surface area contributed by atoms with Gasteiger partial charge in [-0.15, -0.1) is 0 Å². The van der Waals surface area contributed by atoms with Crippen LogP contribution in [0.3, 0.4) is 0 Å². The van der Waals surface area contributed by atoms with Crippen LogP contribution in [0.1, 0.15) is 31.9 Å². The standard InChI is InChI=1S/C20H26N2O6S/c1-10(2)22-17(24)13-14(18(22)25)20(19(26)27,8-9-29-4)21-15(13)11-6-5-7-12(28-3)16(11)23/h5-7,10,13-15,21,23H,8-9H2,1-4H3,(H,26,27)/t13-,14+,15+,20-/m1/s1. The van der Waals surface area contributed by atoms with Gasteiger partial charge < -0.3 is 25.1 Å². The first kappa shape index (κ1) is 21.4. The van der Waals surface area contributed by atoms with Crippen LogP contribution in [-0.4, -0.2) is 58.5 Å². The summed E-state index contributed by atoms with van der Waals surface area (Å²) in [6.45, 7) is 3.45. The third-order valence-electron chi connectivity index (χ3n) is 6.03. The molecule has 2 fully saturated rings. The van der Waals surface area contributed by atoms with Gasteiger partial charge in [-0.3, -0.25) is 14.5 Å². The van der Waals surface area contributed by atoms with Crippen LogP contribution in [0.15, 0.2) is 18.2 Å². The first-order valence-electron chi connectivity index (χ1n) is 9.50. The Bertz CT molecular complexity index is 844. The number of rotatable bonds is 7. The molecule has 2 heterocycles. The Balaban J connectivity index is 2.18. The third-order valence-corrected chi connectivity index (χ3v) is 6.64. The molecule has 0 aromatic heterocycles. The predicted octanol–water partition coefficient (Wildman–Crippen LogP) is -0.730. The maximum Gasteiger partial charge on any atom is 0.240 e. The zero-order valence-corrected chi connectivity index (χ0v) is 17.7. The van der Waals surface area contributed by atoms with E-state index < -0.39 is 41.2 Å². The summed E-state index contributed by atoms with van der Waals surface area (Å²) in [6.07, 6.45) is 2.02. The van der Waals surface area contributed by atoms with E-state index in [4.69, 9.17) is 4.74 Å². The molecule has 0 aliphatic carbocycles. The number of nitrogens with two attached hydrogens (primary N) is 1. The molecule has 0 spiro atoms. The SMILES string of the molecule is COc1cccc([C@@H]2[NH2+][C@@](CCSC)(C(=O)[O-])[C@@H]3C(=O)N(C(C)C)C(=O)[C@H]32)c1O. The van der Waals surface area contributed by atoms with Gasteiger partial charge in [0, 0.05) is 12.5 Å². The van der Waals surface area contributed by atoms with E-state index in [1.54, 1.807) is 32.0 Å². The van der Waals surface area contributed by atoms with Crippen molar-refractivity contribution < 1.29 is 34.7 Å². The van der Waals surface area contributed by atoms with Crippen LogP contribution in [0.25, 0.3) is 0 Å². The van der Waals surface area contributed by atoms with Gasteiger partial charge in [-0.05, 0) is 38.0 Å². The summed E-state index contributed by atoms with van der Waals surface area (Å²) in [4.78, 5) is 40.0. The number of carboxylic acid groups (broad SMARTS) is 1. The van der Waals surface area contributed by atoms with Gasteiger partial charge >= 0.3 is 0 Å². The number of fused-ring (bicyclic) bond motifs is 1. The smallest absolute Gasteiger partial charge is 0.240 e. The van der Waals surface area contributed by atoms with Crippen LogP contribution < -0.4 is 15.2 Å². The van der Waals surface area contributed by atoms with E-state index in [2.05, 4.69) is 0 Å². The van der Waals surface area contributed by atoms with Crippen LogP contribution in [0, 0.1) is 11.8 Å². The highest BCUT2D eigenvalue weighted by Crippen LogP contribution is 2.48. The molecule has 2 amide bonds. The van der Waals surface area contributed by atoms with Gasteiger partial charge in [0.2, 0.25) is 11.8 Å². The molecule has 2 aliphatic heterocycles. The van der Waals surface area contributed by atoms with Crippen molar-refractivity contribution in [3.8, 4) is 11.5 Å². The molecule has 8 nitrogen and oxygen atoms in total. The molecule has 3 N–H and O–H groups in total. The number of carboxylic acids is 1. The molecule has 0 bridgehead atoms. The van der Waals surface area contributed by atoms with Gasteiger partial charge in [0.25, 0.3) is 0 Å². The maximum absolute atomic E-state index is 13.2. The average Bonchev–Trinajstić information content (AvgIpc) is 3.15. The summed E-state index contributed by atoms with van der Waals surface area (Å²) in [7, 11) is 1.41. The average molecular weight is 423 g/mol. The Morgan fingerprint density at radius 2 is 2.07 bits per heavy atom. The molecule has 3 rings (SSSR count). The van der Waals surface area contributed by atoms with Crippen molar-refractivity contribution in [2.24, 2.45) is 11.8 Å². The molecule has 1 aromatic rings. The summed E-state index contributed by atoms with van der Waals surface area (Å²) in [5, 5.41) is 24.6. The van der Waals surface area contributed by atoms with E-state index in [1.807, 2.05) is 6.26 Å². The van der Waals surface area contributed by atoms with Gasteiger partial charge in [-0.2, -0.15) is 11.8 Å². The number of hydrogen-bond donors (Lipinski definition) is 2. The van der Waals surface area contributed by atoms with E-state index in [9.17, 15) is 24.6 Å². The number of aromatic hydroxyl groups is 1. The Kier molecular flexibility index (Phi) is 5.82. The van der Waals surface area contributed by atoms with Gasteiger partial charge in [0.05, 0.1) is 12.7 Å². The fraction of sp³-hybridized carbons (Fsp3) is 0.550. The zero-order chi connectivity index (χ0) is 21.5. The van der Waals surface area contributed by atoms with Crippen molar-refractivity contribution in [2.75, 3.05) is 19.1 Å². The Morgan fingerprint density at radius 1 is 1.38 bits per heavy atom. The lowest BCUT2D eigenvalue weighted by molar-refractivity contribution is -0.739. The van der Waals surface area contributed by atoms with Crippen molar-refractivity contribution in [1.82, 2.24) is 4.90 Å². The first-order chi connectivity index (χ1) is 13.7. The van der Waals surface area contributed by atoms with Gasteiger partial charge in [-0.1, -0.05) is 6.07 Å². The quantitative estimate of drug-likeness (QED) is 0.555. The second-order valence-electron chi connectivity index (χ2n) is 7.80. The molecule has 1 aromatic carbocycles.